The monoisotopic (exact) mass is 230 g/mol. The maximum Gasteiger partial charge on any atom is 0.397 e. The van der Waals surface area contributed by atoms with Crippen molar-refractivity contribution in [3.05, 3.63) is 0 Å². The maximum absolute atomic E-state index is 9.64. The van der Waals surface area contributed by atoms with Gasteiger partial charge in [-0.25, -0.2) is 0 Å². The molecule has 0 spiro atoms. The summed E-state index contributed by atoms with van der Waals surface area (Å²) in [6, 6.07) is 0. The summed E-state index contributed by atoms with van der Waals surface area (Å²) < 4.78 is 29.7. The van der Waals surface area contributed by atoms with Gasteiger partial charge in [0.25, 0.3) is 0 Å². The molecule has 0 unspecified atom stereocenters. The van der Waals surface area contributed by atoms with E-state index in [1.807, 2.05) is 0 Å². The largest absolute Gasteiger partial charge is 0.481 e. The van der Waals surface area contributed by atoms with Gasteiger partial charge in [-0.3, -0.25) is 18.3 Å². The van der Waals surface area contributed by atoms with Crippen molar-refractivity contribution in [2.45, 2.75) is 12.8 Å². The minimum Gasteiger partial charge on any atom is -0.481 e. The Morgan fingerprint density at radius 3 is 1.43 bits per heavy atom. The average Bonchev–Trinajstić information content (AvgIpc) is 2.01. The van der Waals surface area contributed by atoms with Gasteiger partial charge in [0.05, 0.1) is 20.0 Å². The Kier molecular flexibility index (Phi) is 7.90. The molecular weight excluding hydrogens is 220 g/mol. The Labute approximate surface area is 80.1 Å². The van der Waals surface area contributed by atoms with Crippen LogP contribution >= 0.6 is 0 Å². The molecule has 0 bridgehead atoms. The zero-order valence-electron chi connectivity index (χ0n) is 7.21. The first-order valence-electron chi connectivity index (χ1n) is 3.15. The van der Waals surface area contributed by atoms with Crippen LogP contribution in [0.5, 0.6) is 0 Å². The fourth-order valence-corrected chi connectivity index (χ4v) is 0.214. The molecule has 14 heavy (non-hydrogen) atoms. The van der Waals surface area contributed by atoms with Crippen LogP contribution in [0.4, 0.5) is 0 Å². The summed E-state index contributed by atoms with van der Waals surface area (Å²) in [6.45, 7) is 0. The molecule has 0 aromatic heterocycles. The van der Waals surface area contributed by atoms with Gasteiger partial charge < -0.3 is 10.2 Å². The zero-order chi connectivity index (χ0) is 11.8. The quantitative estimate of drug-likeness (QED) is 0.542. The topological polar surface area (TPSA) is 138 Å². The number of carbonyl (C=O) groups is 2. The average molecular weight is 230 g/mol. The second-order valence-corrected chi connectivity index (χ2v) is 3.07. The lowest BCUT2D eigenvalue weighted by molar-refractivity contribution is -0.143. The maximum atomic E-state index is 9.64. The number of hydrogen-bond acceptors (Lipinski definition) is 5. The summed E-state index contributed by atoms with van der Waals surface area (Å²) >= 11 is 0. The summed E-state index contributed by atoms with van der Waals surface area (Å²) in [5, 5.41) is 15.8. The molecule has 84 valence electrons. The molecule has 0 amide bonds. The molecule has 0 aliphatic rings. The lowest BCUT2D eigenvalue weighted by atomic mass is 10.3. The van der Waals surface area contributed by atoms with E-state index in [1.165, 1.54) is 0 Å². The van der Waals surface area contributed by atoms with E-state index in [1.54, 1.807) is 0 Å². The van der Waals surface area contributed by atoms with Gasteiger partial charge in [0, 0.05) is 0 Å². The molecule has 0 saturated carbocycles. The SMILES string of the molecule is COS(=O)(=O)O.O=C(O)CCC(=O)O. The predicted molar refractivity (Wildman–Crippen MR) is 43.1 cm³/mol. The van der Waals surface area contributed by atoms with Gasteiger partial charge in [-0.1, -0.05) is 0 Å². The highest BCUT2D eigenvalue weighted by Gasteiger charge is 2.00. The molecule has 0 aliphatic carbocycles. The van der Waals surface area contributed by atoms with Crippen LogP contribution in [0.15, 0.2) is 0 Å². The van der Waals surface area contributed by atoms with Crippen molar-refractivity contribution in [1.82, 2.24) is 0 Å². The van der Waals surface area contributed by atoms with Crippen molar-refractivity contribution < 1.29 is 37.0 Å². The van der Waals surface area contributed by atoms with E-state index in [0.29, 0.717) is 0 Å². The molecule has 0 rings (SSSR count). The number of hydrogen-bond donors (Lipinski definition) is 3. The number of rotatable bonds is 4. The van der Waals surface area contributed by atoms with Crippen molar-refractivity contribution in [3.8, 4) is 0 Å². The minimum absolute atomic E-state index is 0.296. The molecule has 9 heteroatoms. The van der Waals surface area contributed by atoms with Crippen LogP contribution in [0, 0.1) is 0 Å². The highest BCUT2D eigenvalue weighted by atomic mass is 32.3. The summed E-state index contributed by atoms with van der Waals surface area (Å²) in [6.07, 6.45) is -0.593. The Hall–Kier alpha value is -1.19. The van der Waals surface area contributed by atoms with Crippen LogP contribution in [-0.4, -0.2) is 42.2 Å². The van der Waals surface area contributed by atoms with Crippen LogP contribution in [0.3, 0.4) is 0 Å². The summed E-state index contributed by atoms with van der Waals surface area (Å²) in [4.78, 5) is 19.3. The van der Waals surface area contributed by atoms with Gasteiger partial charge in [-0.2, -0.15) is 8.42 Å². The molecule has 0 saturated heterocycles. The zero-order valence-corrected chi connectivity index (χ0v) is 8.02. The Balaban J connectivity index is 0. The van der Waals surface area contributed by atoms with Gasteiger partial charge in [0.2, 0.25) is 0 Å². The molecule has 0 heterocycles. The first-order valence-corrected chi connectivity index (χ1v) is 4.52. The van der Waals surface area contributed by atoms with Gasteiger partial charge in [0.1, 0.15) is 0 Å². The summed E-state index contributed by atoms with van der Waals surface area (Å²) in [7, 11) is -3.29. The smallest absolute Gasteiger partial charge is 0.397 e. The first-order chi connectivity index (χ1) is 6.19. The normalized spacial score (nSPS) is 9.86. The third-order valence-corrected chi connectivity index (χ3v) is 1.18. The summed E-state index contributed by atoms with van der Waals surface area (Å²) in [5.41, 5.74) is 0. The molecule has 8 nitrogen and oxygen atoms in total. The van der Waals surface area contributed by atoms with Gasteiger partial charge >= 0.3 is 22.3 Å². The third kappa shape index (κ3) is 22.4. The van der Waals surface area contributed by atoms with E-state index in [2.05, 4.69) is 4.18 Å². The fraction of sp³-hybridized carbons (Fsp3) is 0.600. The molecule has 0 atom stereocenters. The second-order valence-electron chi connectivity index (χ2n) is 1.88. The van der Waals surface area contributed by atoms with Gasteiger partial charge in [-0.15, -0.1) is 0 Å². The van der Waals surface area contributed by atoms with Crippen molar-refractivity contribution in [1.29, 1.82) is 0 Å². The fourth-order valence-electron chi connectivity index (χ4n) is 0.214. The standard InChI is InChI=1S/C4H6O4.CH4O4S/c5-3(6)1-2-4(7)8;1-5-6(2,3)4/h1-2H2,(H,5,6)(H,7,8);1H3,(H,2,3,4). The first kappa shape index (κ1) is 15.3. The van der Waals surface area contributed by atoms with Crippen molar-refractivity contribution in [2.24, 2.45) is 0 Å². The molecule has 3 N–H and O–H groups in total. The highest BCUT2D eigenvalue weighted by Crippen LogP contribution is 1.86. The van der Waals surface area contributed by atoms with Gasteiger partial charge in [-0.05, 0) is 0 Å². The van der Waals surface area contributed by atoms with Crippen LogP contribution in [0.1, 0.15) is 12.8 Å². The van der Waals surface area contributed by atoms with E-state index in [9.17, 15) is 18.0 Å². The predicted octanol–water partition coefficient (Wildman–Crippen LogP) is -0.629. The Morgan fingerprint density at radius 1 is 1.14 bits per heavy atom. The van der Waals surface area contributed by atoms with E-state index in [-0.39, 0.29) is 12.8 Å². The Bertz CT molecular complexity index is 264. The highest BCUT2D eigenvalue weighted by molar-refractivity contribution is 7.80. The number of carboxylic acids is 2. The minimum atomic E-state index is -4.16. The molecule has 0 fully saturated rings. The summed E-state index contributed by atoms with van der Waals surface area (Å²) in [5.74, 6) is -2.15. The molecule has 0 radical (unpaired) electrons. The van der Waals surface area contributed by atoms with E-state index >= 15 is 0 Å². The molecular formula is C5H10O8S. The lowest BCUT2D eigenvalue weighted by Gasteiger charge is -1.85. The molecule has 0 aliphatic heterocycles. The van der Waals surface area contributed by atoms with Crippen molar-refractivity contribution in [3.63, 3.8) is 0 Å². The molecule has 0 aromatic rings. The Morgan fingerprint density at radius 2 is 1.36 bits per heavy atom. The van der Waals surface area contributed by atoms with Crippen LogP contribution < -0.4 is 0 Å². The molecule has 0 aromatic carbocycles. The lowest BCUT2D eigenvalue weighted by Crippen LogP contribution is -2.00. The third-order valence-electron chi connectivity index (χ3n) is 0.763. The van der Waals surface area contributed by atoms with Crippen LogP contribution in [0.2, 0.25) is 0 Å². The van der Waals surface area contributed by atoms with E-state index in [4.69, 9.17) is 14.8 Å². The van der Waals surface area contributed by atoms with Crippen molar-refractivity contribution >= 4 is 22.3 Å². The van der Waals surface area contributed by atoms with E-state index in [0.717, 1.165) is 7.11 Å². The second kappa shape index (κ2) is 7.24. The van der Waals surface area contributed by atoms with Crippen molar-refractivity contribution in [2.75, 3.05) is 7.11 Å². The van der Waals surface area contributed by atoms with Gasteiger partial charge in [0.15, 0.2) is 0 Å². The van der Waals surface area contributed by atoms with E-state index < -0.39 is 22.3 Å². The number of carboxylic acid groups (broad SMARTS) is 2. The number of aliphatic carboxylic acids is 2. The van der Waals surface area contributed by atoms with Crippen LogP contribution in [0.25, 0.3) is 0 Å². The van der Waals surface area contributed by atoms with Crippen LogP contribution in [-0.2, 0) is 24.2 Å².